The predicted molar refractivity (Wildman–Crippen MR) is 102 cm³/mol. The zero-order valence-electron chi connectivity index (χ0n) is 15.6. The van der Waals surface area contributed by atoms with E-state index in [0.29, 0.717) is 34.6 Å². The van der Waals surface area contributed by atoms with Gasteiger partial charge in [0.05, 0.1) is 13.7 Å². The van der Waals surface area contributed by atoms with Crippen molar-refractivity contribution in [2.75, 3.05) is 20.3 Å². The van der Waals surface area contributed by atoms with Crippen molar-refractivity contribution >= 4 is 16.9 Å². The first kappa shape index (κ1) is 19.3. The molecule has 28 heavy (non-hydrogen) atoms. The number of methoxy groups -OCH3 is 1. The van der Waals surface area contributed by atoms with E-state index in [1.54, 1.807) is 42.5 Å². The molecule has 7 heteroatoms. The molecule has 0 saturated heterocycles. The van der Waals surface area contributed by atoms with E-state index in [0.717, 1.165) is 5.75 Å². The van der Waals surface area contributed by atoms with Gasteiger partial charge in [-0.25, -0.2) is 9.59 Å². The summed E-state index contributed by atoms with van der Waals surface area (Å²) in [5.74, 6) is 1.26. The third kappa shape index (κ3) is 4.82. The van der Waals surface area contributed by atoms with E-state index in [1.807, 2.05) is 6.92 Å². The minimum Gasteiger partial charge on any atom is -0.497 e. The number of carbonyl (C=O) groups excluding carboxylic acids is 1. The highest BCUT2D eigenvalue weighted by Crippen LogP contribution is 2.23. The van der Waals surface area contributed by atoms with Gasteiger partial charge in [0.1, 0.15) is 29.4 Å². The molecule has 0 saturated carbocycles. The quantitative estimate of drug-likeness (QED) is 0.435. The van der Waals surface area contributed by atoms with E-state index in [-0.39, 0.29) is 13.2 Å². The Morgan fingerprint density at radius 3 is 2.32 bits per heavy atom. The Hall–Kier alpha value is -3.48. The Bertz CT molecular complexity index is 1010. The number of fused-ring (bicyclic) bond motifs is 1. The fourth-order valence-corrected chi connectivity index (χ4v) is 2.60. The van der Waals surface area contributed by atoms with Crippen LogP contribution in [0.15, 0.2) is 57.7 Å². The van der Waals surface area contributed by atoms with Gasteiger partial charge in [-0.15, -0.1) is 0 Å². The van der Waals surface area contributed by atoms with Crippen molar-refractivity contribution in [3.05, 3.63) is 64.5 Å². The highest BCUT2D eigenvalue weighted by atomic mass is 16.6. The Morgan fingerprint density at radius 1 is 0.964 bits per heavy atom. The van der Waals surface area contributed by atoms with Crippen molar-refractivity contribution in [3.63, 3.8) is 0 Å². The molecule has 0 unspecified atom stereocenters. The first-order chi connectivity index (χ1) is 13.6. The molecule has 0 bridgehead atoms. The number of hydrogen-bond acceptors (Lipinski definition) is 7. The Labute approximate surface area is 161 Å². The summed E-state index contributed by atoms with van der Waals surface area (Å²) in [6.45, 7) is 2.16. The van der Waals surface area contributed by atoms with Crippen molar-refractivity contribution in [2.24, 2.45) is 0 Å². The molecule has 0 radical (unpaired) electrons. The number of hydrogen-bond donors (Lipinski definition) is 0. The van der Waals surface area contributed by atoms with Gasteiger partial charge in [0.25, 0.3) is 0 Å². The van der Waals surface area contributed by atoms with Crippen LogP contribution in [-0.2, 0) is 16.1 Å². The first-order valence-electron chi connectivity index (χ1n) is 8.71. The van der Waals surface area contributed by atoms with Crippen LogP contribution in [0.1, 0.15) is 12.5 Å². The molecule has 2 aromatic carbocycles. The van der Waals surface area contributed by atoms with Gasteiger partial charge < -0.3 is 23.4 Å². The van der Waals surface area contributed by atoms with Crippen LogP contribution in [-0.4, -0.2) is 26.3 Å². The van der Waals surface area contributed by atoms with E-state index in [1.165, 1.54) is 13.2 Å². The molecule has 0 aliphatic heterocycles. The summed E-state index contributed by atoms with van der Waals surface area (Å²) >= 11 is 0. The van der Waals surface area contributed by atoms with Gasteiger partial charge in [0.2, 0.25) is 0 Å². The SMILES string of the molecule is CCOc1ccc(OCC(=O)OCc2cc(=O)oc3cc(OC)ccc23)cc1. The molecule has 146 valence electrons. The maximum Gasteiger partial charge on any atom is 0.344 e. The Morgan fingerprint density at radius 2 is 1.64 bits per heavy atom. The smallest absolute Gasteiger partial charge is 0.344 e. The maximum absolute atomic E-state index is 12.0. The lowest BCUT2D eigenvalue weighted by Crippen LogP contribution is -2.15. The highest BCUT2D eigenvalue weighted by molar-refractivity contribution is 5.81. The van der Waals surface area contributed by atoms with Gasteiger partial charge >= 0.3 is 11.6 Å². The van der Waals surface area contributed by atoms with Crippen LogP contribution < -0.4 is 19.8 Å². The topological polar surface area (TPSA) is 84.2 Å². The molecule has 1 aromatic heterocycles. The van der Waals surface area contributed by atoms with Gasteiger partial charge in [-0.05, 0) is 43.3 Å². The monoisotopic (exact) mass is 384 g/mol. The molecule has 1 heterocycles. The third-order valence-electron chi connectivity index (χ3n) is 3.92. The van der Waals surface area contributed by atoms with Crippen molar-refractivity contribution in [3.8, 4) is 17.2 Å². The van der Waals surface area contributed by atoms with Crippen molar-refractivity contribution in [1.29, 1.82) is 0 Å². The molecule has 7 nitrogen and oxygen atoms in total. The van der Waals surface area contributed by atoms with E-state index in [9.17, 15) is 9.59 Å². The minimum atomic E-state index is -0.552. The van der Waals surface area contributed by atoms with E-state index < -0.39 is 11.6 Å². The van der Waals surface area contributed by atoms with E-state index in [4.69, 9.17) is 23.4 Å². The summed E-state index contributed by atoms with van der Waals surface area (Å²) in [6.07, 6.45) is 0. The molecule has 0 aliphatic carbocycles. The number of carbonyl (C=O) groups is 1. The molecule has 0 atom stereocenters. The molecule has 0 N–H and O–H groups in total. The van der Waals surface area contributed by atoms with Gasteiger partial charge in [-0.1, -0.05) is 0 Å². The summed E-state index contributed by atoms with van der Waals surface area (Å²) in [4.78, 5) is 23.7. The van der Waals surface area contributed by atoms with Crippen molar-refractivity contribution in [1.82, 2.24) is 0 Å². The zero-order valence-corrected chi connectivity index (χ0v) is 15.6. The summed E-state index contributed by atoms with van der Waals surface area (Å²) in [5, 5.41) is 0.667. The first-order valence-corrected chi connectivity index (χ1v) is 8.71. The fraction of sp³-hybridized carbons (Fsp3) is 0.238. The van der Waals surface area contributed by atoms with Gasteiger partial charge in [0, 0.05) is 23.1 Å². The van der Waals surface area contributed by atoms with Crippen molar-refractivity contribution < 1.29 is 28.2 Å². The number of ether oxygens (including phenoxy) is 4. The van der Waals surface area contributed by atoms with Crippen LogP contribution in [0.2, 0.25) is 0 Å². The molecule has 0 spiro atoms. The lowest BCUT2D eigenvalue weighted by atomic mass is 10.1. The van der Waals surface area contributed by atoms with Crippen molar-refractivity contribution in [2.45, 2.75) is 13.5 Å². The Balaban J connectivity index is 1.60. The third-order valence-corrected chi connectivity index (χ3v) is 3.92. The largest absolute Gasteiger partial charge is 0.497 e. The van der Waals surface area contributed by atoms with Crippen LogP contribution in [0.25, 0.3) is 11.0 Å². The van der Waals surface area contributed by atoms with Gasteiger partial charge in [0.15, 0.2) is 6.61 Å². The molecule has 0 fully saturated rings. The summed E-state index contributed by atoms with van der Waals surface area (Å²) < 4.78 is 26.3. The average Bonchev–Trinajstić information content (AvgIpc) is 2.71. The number of rotatable bonds is 8. The highest BCUT2D eigenvalue weighted by Gasteiger charge is 2.10. The second-order valence-electron chi connectivity index (χ2n) is 5.81. The van der Waals surface area contributed by atoms with E-state index >= 15 is 0 Å². The molecule has 0 aliphatic rings. The van der Waals surface area contributed by atoms with Gasteiger partial charge in [-0.3, -0.25) is 0 Å². The van der Waals surface area contributed by atoms with Crippen LogP contribution in [0.4, 0.5) is 0 Å². The minimum absolute atomic E-state index is 0.0695. The number of esters is 1. The predicted octanol–water partition coefficient (Wildman–Crippen LogP) is 3.32. The normalized spacial score (nSPS) is 10.5. The molecule has 3 aromatic rings. The molecular formula is C21H20O7. The number of benzene rings is 2. The van der Waals surface area contributed by atoms with Crippen LogP contribution in [0.3, 0.4) is 0 Å². The molecule has 3 rings (SSSR count). The summed E-state index contributed by atoms with van der Waals surface area (Å²) in [5.41, 5.74) is 0.379. The van der Waals surface area contributed by atoms with Crippen LogP contribution in [0.5, 0.6) is 17.2 Å². The average molecular weight is 384 g/mol. The van der Waals surface area contributed by atoms with Crippen LogP contribution in [0, 0.1) is 0 Å². The summed E-state index contributed by atoms with van der Waals surface area (Å²) in [7, 11) is 1.52. The summed E-state index contributed by atoms with van der Waals surface area (Å²) in [6, 6.07) is 13.3. The lowest BCUT2D eigenvalue weighted by Gasteiger charge is -2.09. The second kappa shape index (κ2) is 8.94. The van der Waals surface area contributed by atoms with E-state index in [2.05, 4.69) is 0 Å². The zero-order chi connectivity index (χ0) is 19.9. The lowest BCUT2D eigenvalue weighted by molar-refractivity contribution is -0.147. The molecule has 0 amide bonds. The fourth-order valence-electron chi connectivity index (χ4n) is 2.60. The van der Waals surface area contributed by atoms with Gasteiger partial charge in [-0.2, -0.15) is 0 Å². The van der Waals surface area contributed by atoms with Crippen LogP contribution >= 0.6 is 0 Å². The standard InChI is InChI=1S/C21H20O7/c1-3-25-15-4-6-16(7-5-15)26-13-21(23)27-12-14-10-20(22)28-19-11-17(24-2)8-9-18(14)19/h4-11H,3,12-13H2,1-2H3. The molecular weight excluding hydrogens is 364 g/mol. The maximum atomic E-state index is 12.0. The second-order valence-corrected chi connectivity index (χ2v) is 5.81. The Kier molecular flexibility index (Phi) is 6.16.